The molecular weight excluding hydrogens is 136 g/mol. The van der Waals surface area contributed by atoms with Crippen LogP contribution in [0.15, 0.2) is 0 Å². The van der Waals surface area contributed by atoms with E-state index in [1.165, 1.54) is 13.8 Å². The highest BCUT2D eigenvalue weighted by atomic mass is 16.6. The number of aliphatic hydroxyl groups is 2. The average Bonchev–Trinajstić information content (AvgIpc) is 1.82. The second-order valence-electron chi connectivity index (χ2n) is 2.16. The molecule has 0 fully saturated rings. The quantitative estimate of drug-likeness (QED) is 0.519. The Morgan fingerprint density at radius 1 is 1.50 bits per heavy atom. The first-order chi connectivity index (χ1) is 4.54. The van der Waals surface area contributed by atoms with Gasteiger partial charge in [0.2, 0.25) is 0 Å². The predicted octanol–water partition coefficient (Wildman–Crippen LogP) is -0.709. The van der Waals surface area contributed by atoms with Gasteiger partial charge in [-0.1, -0.05) is 0 Å². The van der Waals surface area contributed by atoms with Crippen LogP contribution in [-0.2, 0) is 9.53 Å². The number of rotatable bonds is 3. The Labute approximate surface area is 59.4 Å². The fourth-order valence-electron chi connectivity index (χ4n) is 0.323. The number of esters is 1. The second kappa shape index (κ2) is 4.24. The minimum absolute atomic E-state index is 0.0657. The van der Waals surface area contributed by atoms with E-state index in [-0.39, 0.29) is 6.61 Å². The number of hydrogen-bond acceptors (Lipinski definition) is 4. The van der Waals surface area contributed by atoms with E-state index in [4.69, 9.17) is 10.2 Å². The lowest BCUT2D eigenvalue weighted by Gasteiger charge is -2.07. The monoisotopic (exact) mass is 148 g/mol. The van der Waals surface area contributed by atoms with Crippen molar-refractivity contribution in [3.05, 3.63) is 0 Å². The highest BCUT2D eigenvalue weighted by molar-refractivity contribution is 5.73. The molecule has 0 rings (SSSR count). The Hall–Kier alpha value is -0.610. The third-order valence-electron chi connectivity index (χ3n) is 0.808. The zero-order valence-electron chi connectivity index (χ0n) is 6.07. The van der Waals surface area contributed by atoms with E-state index in [0.717, 1.165) is 0 Å². The van der Waals surface area contributed by atoms with Gasteiger partial charge in [0, 0.05) is 0 Å². The highest BCUT2D eigenvalue weighted by Gasteiger charge is 2.10. The SMILES string of the molecule is C[C@H](O)COC(=O)[C@@H](C)O. The molecule has 0 aliphatic rings. The molecule has 0 aromatic rings. The van der Waals surface area contributed by atoms with E-state index in [1.807, 2.05) is 0 Å². The van der Waals surface area contributed by atoms with Crippen molar-refractivity contribution in [3.8, 4) is 0 Å². The van der Waals surface area contributed by atoms with Crippen LogP contribution in [0.1, 0.15) is 13.8 Å². The summed E-state index contributed by atoms with van der Waals surface area (Å²) in [6.07, 6.45) is -1.79. The normalized spacial score (nSPS) is 16.0. The number of aliphatic hydroxyl groups excluding tert-OH is 2. The molecule has 0 spiro atoms. The number of hydrogen-bond donors (Lipinski definition) is 2. The summed E-state index contributed by atoms with van der Waals surface area (Å²) in [5.74, 6) is -0.707. The number of carbonyl (C=O) groups excluding carboxylic acids is 1. The Bertz CT molecular complexity index is 108. The maximum absolute atomic E-state index is 10.5. The predicted molar refractivity (Wildman–Crippen MR) is 34.3 cm³/mol. The largest absolute Gasteiger partial charge is 0.461 e. The summed E-state index contributed by atoms with van der Waals surface area (Å²) in [5.41, 5.74) is 0. The lowest BCUT2D eigenvalue weighted by Crippen LogP contribution is -2.23. The maximum Gasteiger partial charge on any atom is 0.334 e. The first-order valence-electron chi connectivity index (χ1n) is 3.06. The van der Waals surface area contributed by atoms with Crippen molar-refractivity contribution in [1.29, 1.82) is 0 Å². The summed E-state index contributed by atoms with van der Waals surface area (Å²) in [6.45, 7) is 2.74. The van der Waals surface area contributed by atoms with Crippen LogP contribution in [0.3, 0.4) is 0 Å². The van der Waals surface area contributed by atoms with E-state index in [9.17, 15) is 4.79 Å². The van der Waals surface area contributed by atoms with E-state index >= 15 is 0 Å². The van der Waals surface area contributed by atoms with Gasteiger partial charge < -0.3 is 14.9 Å². The smallest absolute Gasteiger partial charge is 0.334 e. The Balaban J connectivity index is 3.40. The van der Waals surface area contributed by atoms with Crippen molar-refractivity contribution in [3.63, 3.8) is 0 Å². The molecule has 0 saturated heterocycles. The van der Waals surface area contributed by atoms with Gasteiger partial charge in [-0.2, -0.15) is 0 Å². The summed E-state index contributed by atoms with van der Waals surface area (Å²) >= 11 is 0. The molecule has 2 N–H and O–H groups in total. The summed E-state index contributed by atoms with van der Waals surface area (Å²) in [5, 5.41) is 17.2. The fraction of sp³-hybridized carbons (Fsp3) is 0.833. The van der Waals surface area contributed by atoms with Gasteiger partial charge in [0.15, 0.2) is 0 Å². The fourth-order valence-corrected chi connectivity index (χ4v) is 0.323. The minimum atomic E-state index is -1.11. The van der Waals surface area contributed by atoms with Gasteiger partial charge in [-0.3, -0.25) is 0 Å². The van der Waals surface area contributed by atoms with Crippen LogP contribution in [0.2, 0.25) is 0 Å². The van der Waals surface area contributed by atoms with Gasteiger partial charge in [0.05, 0.1) is 6.10 Å². The minimum Gasteiger partial charge on any atom is -0.461 e. The van der Waals surface area contributed by atoms with E-state index in [1.54, 1.807) is 0 Å². The van der Waals surface area contributed by atoms with E-state index < -0.39 is 18.2 Å². The molecule has 4 heteroatoms. The van der Waals surface area contributed by atoms with Crippen molar-refractivity contribution >= 4 is 5.97 Å². The molecule has 0 heterocycles. The van der Waals surface area contributed by atoms with Crippen LogP contribution in [0, 0.1) is 0 Å². The summed E-state index contributed by atoms with van der Waals surface area (Å²) in [7, 11) is 0. The molecule has 4 nitrogen and oxygen atoms in total. The maximum atomic E-state index is 10.5. The molecule has 0 radical (unpaired) electrons. The van der Waals surface area contributed by atoms with Gasteiger partial charge in [0.25, 0.3) is 0 Å². The van der Waals surface area contributed by atoms with Crippen LogP contribution in [0.5, 0.6) is 0 Å². The zero-order chi connectivity index (χ0) is 8.15. The molecule has 0 bridgehead atoms. The van der Waals surface area contributed by atoms with Crippen LogP contribution in [-0.4, -0.2) is 35.0 Å². The first-order valence-corrected chi connectivity index (χ1v) is 3.06. The van der Waals surface area contributed by atoms with Crippen molar-refractivity contribution in [1.82, 2.24) is 0 Å². The Morgan fingerprint density at radius 3 is 2.30 bits per heavy atom. The molecule has 0 aliphatic carbocycles. The summed E-state index contributed by atoms with van der Waals surface area (Å²) in [6, 6.07) is 0. The van der Waals surface area contributed by atoms with Crippen LogP contribution >= 0.6 is 0 Å². The molecule has 0 amide bonds. The van der Waals surface area contributed by atoms with Gasteiger partial charge in [-0.15, -0.1) is 0 Å². The second-order valence-corrected chi connectivity index (χ2v) is 2.16. The summed E-state index contributed by atoms with van der Waals surface area (Å²) < 4.78 is 4.43. The number of carbonyl (C=O) groups is 1. The lowest BCUT2D eigenvalue weighted by atomic mass is 10.4. The zero-order valence-corrected chi connectivity index (χ0v) is 6.07. The van der Waals surface area contributed by atoms with Crippen LogP contribution in [0.25, 0.3) is 0 Å². The average molecular weight is 148 g/mol. The Morgan fingerprint density at radius 2 is 2.00 bits per heavy atom. The van der Waals surface area contributed by atoms with E-state index in [2.05, 4.69) is 4.74 Å². The molecule has 0 saturated carbocycles. The van der Waals surface area contributed by atoms with Gasteiger partial charge >= 0.3 is 5.97 Å². The van der Waals surface area contributed by atoms with Gasteiger partial charge in [-0.25, -0.2) is 4.79 Å². The van der Waals surface area contributed by atoms with Gasteiger partial charge in [-0.05, 0) is 13.8 Å². The third kappa shape index (κ3) is 4.29. The molecule has 0 aromatic heterocycles. The topological polar surface area (TPSA) is 66.8 Å². The molecule has 0 aromatic carbocycles. The summed E-state index contributed by atoms with van der Waals surface area (Å²) in [4.78, 5) is 10.5. The molecular formula is C6H12O4. The Kier molecular flexibility index (Phi) is 3.99. The molecule has 10 heavy (non-hydrogen) atoms. The molecule has 0 aliphatic heterocycles. The number of ether oxygens (including phenoxy) is 1. The molecule has 60 valence electrons. The van der Waals surface area contributed by atoms with Crippen LogP contribution in [0.4, 0.5) is 0 Å². The molecule has 0 unspecified atom stereocenters. The third-order valence-corrected chi connectivity index (χ3v) is 0.808. The standard InChI is InChI=1S/C6H12O4/c1-4(7)3-10-6(9)5(2)8/h4-5,7-8H,3H2,1-2H3/t4-,5+/m0/s1. The molecule has 2 atom stereocenters. The lowest BCUT2D eigenvalue weighted by molar-refractivity contribution is -0.155. The van der Waals surface area contributed by atoms with Crippen LogP contribution < -0.4 is 0 Å². The highest BCUT2D eigenvalue weighted by Crippen LogP contribution is 1.88. The van der Waals surface area contributed by atoms with Crippen molar-refractivity contribution in [2.45, 2.75) is 26.1 Å². The van der Waals surface area contributed by atoms with Gasteiger partial charge in [0.1, 0.15) is 12.7 Å². The van der Waals surface area contributed by atoms with Crippen molar-refractivity contribution in [2.24, 2.45) is 0 Å². The van der Waals surface area contributed by atoms with Crippen molar-refractivity contribution < 1.29 is 19.7 Å². The van der Waals surface area contributed by atoms with E-state index in [0.29, 0.717) is 0 Å². The van der Waals surface area contributed by atoms with Crippen molar-refractivity contribution in [2.75, 3.05) is 6.61 Å². The first kappa shape index (κ1) is 9.39.